The van der Waals surface area contributed by atoms with Crippen LogP contribution >= 0.6 is 11.6 Å². The molecule has 1 aromatic rings. The van der Waals surface area contributed by atoms with Gasteiger partial charge in [0.25, 0.3) is 5.91 Å². The molecule has 0 heterocycles. The fraction of sp³-hybridized carbons (Fsp3) is 0.467. The molecule has 114 valence electrons. The minimum Gasteiger partial charge on any atom is -0.484 e. The van der Waals surface area contributed by atoms with E-state index < -0.39 is 5.97 Å². The molecule has 2 rings (SSSR count). The Bertz CT molecular complexity index is 542. The van der Waals surface area contributed by atoms with E-state index >= 15 is 0 Å². The number of aliphatic carboxylic acids is 1. The molecule has 1 N–H and O–H groups in total. The molecule has 5 nitrogen and oxygen atoms in total. The van der Waals surface area contributed by atoms with Gasteiger partial charge in [0.1, 0.15) is 5.75 Å². The number of hydrogen-bond donors (Lipinski definition) is 1. The Morgan fingerprint density at radius 3 is 2.71 bits per heavy atom. The highest BCUT2D eigenvalue weighted by Gasteiger charge is 2.32. The molecule has 1 aliphatic rings. The zero-order valence-corrected chi connectivity index (χ0v) is 12.6. The van der Waals surface area contributed by atoms with Crippen molar-refractivity contribution in [1.82, 2.24) is 4.90 Å². The second-order valence-corrected chi connectivity index (χ2v) is 5.57. The van der Waals surface area contributed by atoms with Crippen molar-refractivity contribution in [3.63, 3.8) is 0 Å². The van der Waals surface area contributed by atoms with Crippen LogP contribution in [-0.4, -0.2) is 41.1 Å². The molecule has 0 atom stereocenters. The number of carboxylic acid groups (broad SMARTS) is 1. The third-order valence-corrected chi connectivity index (χ3v) is 3.79. The number of amides is 1. The number of nitrogens with zero attached hydrogens (tertiary/aromatic N) is 1. The van der Waals surface area contributed by atoms with Gasteiger partial charge in [-0.2, -0.15) is 0 Å². The number of hydrogen-bond acceptors (Lipinski definition) is 3. The van der Waals surface area contributed by atoms with Gasteiger partial charge in [0.15, 0.2) is 6.61 Å². The first kappa shape index (κ1) is 15.6. The van der Waals surface area contributed by atoms with Crippen LogP contribution in [0.3, 0.4) is 0 Å². The zero-order chi connectivity index (χ0) is 15.4. The fourth-order valence-corrected chi connectivity index (χ4v) is 2.17. The summed E-state index contributed by atoms with van der Waals surface area (Å²) in [5, 5.41) is 9.38. The summed E-state index contributed by atoms with van der Waals surface area (Å²) >= 11 is 5.93. The van der Waals surface area contributed by atoms with E-state index in [9.17, 15) is 9.59 Å². The third-order valence-electron chi connectivity index (χ3n) is 3.37. The summed E-state index contributed by atoms with van der Waals surface area (Å²) < 4.78 is 5.47. The van der Waals surface area contributed by atoms with Crippen LogP contribution in [0.4, 0.5) is 0 Å². The standard InChI is InChI=1S/C15H18ClNO4/c1-10-8-12(4-5-13(10)16)21-9-14(18)17(11-2-3-11)7-6-15(19)20/h4-5,8,11H,2-3,6-7,9H2,1H3,(H,19,20). The van der Waals surface area contributed by atoms with Gasteiger partial charge in [-0.25, -0.2) is 0 Å². The number of rotatable bonds is 7. The molecule has 0 radical (unpaired) electrons. The minimum atomic E-state index is -0.900. The Morgan fingerprint density at radius 2 is 2.14 bits per heavy atom. The smallest absolute Gasteiger partial charge is 0.305 e. The molecule has 1 aliphatic carbocycles. The van der Waals surface area contributed by atoms with Crippen molar-refractivity contribution in [2.45, 2.75) is 32.2 Å². The third kappa shape index (κ3) is 4.63. The van der Waals surface area contributed by atoms with E-state index in [1.807, 2.05) is 6.92 Å². The number of carbonyl (C=O) groups excluding carboxylic acids is 1. The van der Waals surface area contributed by atoms with Gasteiger partial charge >= 0.3 is 5.97 Å². The normalized spacial score (nSPS) is 13.8. The molecule has 0 spiro atoms. The van der Waals surface area contributed by atoms with Crippen molar-refractivity contribution in [1.29, 1.82) is 0 Å². The molecule has 1 fully saturated rings. The molecule has 0 saturated heterocycles. The van der Waals surface area contributed by atoms with Gasteiger partial charge in [-0.1, -0.05) is 11.6 Å². The average Bonchev–Trinajstić information content (AvgIpc) is 3.24. The van der Waals surface area contributed by atoms with E-state index in [1.54, 1.807) is 23.1 Å². The average molecular weight is 312 g/mol. The SMILES string of the molecule is Cc1cc(OCC(=O)N(CCC(=O)O)C2CC2)ccc1Cl. The first-order valence-corrected chi connectivity index (χ1v) is 7.25. The van der Waals surface area contributed by atoms with Crippen LogP contribution in [0, 0.1) is 6.92 Å². The number of carbonyl (C=O) groups is 2. The lowest BCUT2D eigenvalue weighted by Crippen LogP contribution is -2.38. The maximum Gasteiger partial charge on any atom is 0.305 e. The number of ether oxygens (including phenoxy) is 1. The fourth-order valence-electron chi connectivity index (χ4n) is 2.05. The summed E-state index contributed by atoms with van der Waals surface area (Å²) in [6.07, 6.45) is 1.83. The minimum absolute atomic E-state index is 0.0394. The van der Waals surface area contributed by atoms with Crippen molar-refractivity contribution >= 4 is 23.5 Å². The van der Waals surface area contributed by atoms with Gasteiger partial charge in [-0.05, 0) is 43.5 Å². The lowest BCUT2D eigenvalue weighted by atomic mass is 10.2. The topological polar surface area (TPSA) is 66.8 Å². The quantitative estimate of drug-likeness (QED) is 0.840. The molecular weight excluding hydrogens is 294 g/mol. The molecule has 1 amide bonds. The first-order valence-electron chi connectivity index (χ1n) is 6.87. The van der Waals surface area contributed by atoms with Crippen molar-refractivity contribution in [2.24, 2.45) is 0 Å². The van der Waals surface area contributed by atoms with Crippen molar-refractivity contribution in [3.05, 3.63) is 28.8 Å². The number of halogens is 1. The van der Waals surface area contributed by atoms with E-state index in [0.29, 0.717) is 10.8 Å². The first-order chi connectivity index (χ1) is 9.97. The lowest BCUT2D eigenvalue weighted by molar-refractivity contribution is -0.139. The highest BCUT2D eigenvalue weighted by molar-refractivity contribution is 6.31. The van der Waals surface area contributed by atoms with E-state index in [2.05, 4.69) is 0 Å². The molecule has 0 aromatic heterocycles. The Balaban J connectivity index is 1.89. The maximum absolute atomic E-state index is 12.1. The van der Waals surface area contributed by atoms with Crippen LogP contribution < -0.4 is 4.74 Å². The van der Waals surface area contributed by atoms with E-state index in [4.69, 9.17) is 21.4 Å². The number of benzene rings is 1. The van der Waals surface area contributed by atoms with Crippen molar-refractivity contribution in [2.75, 3.05) is 13.2 Å². The van der Waals surface area contributed by atoms with E-state index in [-0.39, 0.29) is 31.5 Å². The molecule has 6 heteroatoms. The summed E-state index contributed by atoms with van der Waals surface area (Å²) in [6, 6.07) is 5.38. The van der Waals surface area contributed by atoms with Gasteiger partial charge in [0.2, 0.25) is 0 Å². The maximum atomic E-state index is 12.1. The molecule has 1 aromatic carbocycles. The van der Waals surface area contributed by atoms with E-state index in [0.717, 1.165) is 18.4 Å². The predicted molar refractivity (Wildman–Crippen MR) is 78.7 cm³/mol. The molecule has 21 heavy (non-hydrogen) atoms. The summed E-state index contributed by atoms with van der Waals surface area (Å²) in [4.78, 5) is 24.4. The van der Waals surface area contributed by atoms with E-state index in [1.165, 1.54) is 0 Å². The highest BCUT2D eigenvalue weighted by Crippen LogP contribution is 2.27. The van der Waals surface area contributed by atoms with Crippen LogP contribution in [-0.2, 0) is 9.59 Å². The number of carboxylic acids is 1. The molecule has 1 saturated carbocycles. The second-order valence-electron chi connectivity index (χ2n) is 5.16. The molecule has 0 unspecified atom stereocenters. The van der Waals surface area contributed by atoms with Crippen LogP contribution in [0.5, 0.6) is 5.75 Å². The predicted octanol–water partition coefficient (Wildman–Crippen LogP) is 2.49. The Morgan fingerprint density at radius 1 is 1.43 bits per heavy atom. The van der Waals surface area contributed by atoms with Gasteiger partial charge in [0.05, 0.1) is 6.42 Å². The van der Waals surface area contributed by atoms with Gasteiger partial charge < -0.3 is 14.7 Å². The van der Waals surface area contributed by atoms with Crippen LogP contribution in [0.25, 0.3) is 0 Å². The van der Waals surface area contributed by atoms with Gasteiger partial charge in [0, 0.05) is 17.6 Å². The Kier molecular flexibility index (Phi) is 5.07. The summed E-state index contributed by atoms with van der Waals surface area (Å²) in [6.45, 7) is 2.01. The van der Waals surface area contributed by atoms with Crippen LogP contribution in [0.2, 0.25) is 5.02 Å². The molecule has 0 bridgehead atoms. The van der Waals surface area contributed by atoms with Crippen LogP contribution in [0.1, 0.15) is 24.8 Å². The number of aryl methyl sites for hydroxylation is 1. The Hall–Kier alpha value is -1.75. The van der Waals surface area contributed by atoms with Crippen LogP contribution in [0.15, 0.2) is 18.2 Å². The Labute approximate surface area is 128 Å². The highest BCUT2D eigenvalue weighted by atomic mass is 35.5. The molecule has 0 aliphatic heterocycles. The van der Waals surface area contributed by atoms with Crippen molar-refractivity contribution in [3.8, 4) is 5.75 Å². The summed E-state index contributed by atoms with van der Waals surface area (Å²) in [5.74, 6) is -0.492. The van der Waals surface area contributed by atoms with Gasteiger partial charge in [-0.3, -0.25) is 9.59 Å². The van der Waals surface area contributed by atoms with Gasteiger partial charge in [-0.15, -0.1) is 0 Å². The molecular formula is C15H18ClNO4. The summed E-state index contributed by atoms with van der Waals surface area (Å²) in [7, 11) is 0. The zero-order valence-electron chi connectivity index (χ0n) is 11.8. The summed E-state index contributed by atoms with van der Waals surface area (Å²) in [5.41, 5.74) is 0.881. The largest absolute Gasteiger partial charge is 0.484 e. The van der Waals surface area contributed by atoms with Crippen molar-refractivity contribution < 1.29 is 19.4 Å². The monoisotopic (exact) mass is 311 g/mol. The lowest BCUT2D eigenvalue weighted by Gasteiger charge is -2.21. The second kappa shape index (κ2) is 6.80.